The zero-order chi connectivity index (χ0) is 21.9. The van der Waals surface area contributed by atoms with Crippen LogP contribution in [-0.2, 0) is 4.79 Å². The Morgan fingerprint density at radius 2 is 1.84 bits per heavy atom. The molecule has 2 heterocycles. The number of ether oxygens (including phenoxy) is 1. The number of amides is 1. The standard InChI is InChI=1S/C24H20N6O2/c1-15(32-19-8-3-2-4-9-19)24(31)27-18-7-5-6-16(12-18)22-20-13-17(23-25-14-26-30-23)10-11-21(20)28-29-22/h2-15H,1H3,(H,27,31)(H,28,29)(H,25,26,30). The maximum atomic E-state index is 12.6. The van der Waals surface area contributed by atoms with Crippen LogP contribution in [0, 0.1) is 0 Å². The van der Waals surface area contributed by atoms with E-state index in [-0.39, 0.29) is 5.91 Å². The van der Waals surface area contributed by atoms with Crippen molar-refractivity contribution in [3.63, 3.8) is 0 Å². The fourth-order valence-corrected chi connectivity index (χ4v) is 3.47. The zero-order valence-corrected chi connectivity index (χ0v) is 17.2. The van der Waals surface area contributed by atoms with Crippen molar-refractivity contribution in [2.24, 2.45) is 0 Å². The normalized spacial score (nSPS) is 11.9. The maximum absolute atomic E-state index is 12.6. The van der Waals surface area contributed by atoms with Gasteiger partial charge in [0, 0.05) is 22.2 Å². The third kappa shape index (κ3) is 3.93. The third-order valence-electron chi connectivity index (χ3n) is 5.08. The molecule has 0 spiro atoms. The van der Waals surface area contributed by atoms with Gasteiger partial charge in [0.1, 0.15) is 12.1 Å². The van der Waals surface area contributed by atoms with E-state index in [2.05, 4.69) is 30.7 Å². The second-order valence-electron chi connectivity index (χ2n) is 7.31. The fourth-order valence-electron chi connectivity index (χ4n) is 3.47. The van der Waals surface area contributed by atoms with Gasteiger partial charge in [0.05, 0.1) is 11.2 Å². The number of aromatic nitrogens is 5. The minimum Gasteiger partial charge on any atom is -0.481 e. The molecule has 0 aliphatic rings. The first-order valence-electron chi connectivity index (χ1n) is 10.1. The second-order valence-corrected chi connectivity index (χ2v) is 7.31. The molecular formula is C24H20N6O2. The molecule has 8 nitrogen and oxygen atoms in total. The van der Waals surface area contributed by atoms with Crippen LogP contribution < -0.4 is 10.1 Å². The number of H-pyrrole nitrogens is 2. The van der Waals surface area contributed by atoms with E-state index in [1.807, 2.05) is 72.8 Å². The lowest BCUT2D eigenvalue weighted by Gasteiger charge is -2.15. The van der Waals surface area contributed by atoms with Crippen molar-refractivity contribution in [1.82, 2.24) is 25.4 Å². The topological polar surface area (TPSA) is 109 Å². The largest absolute Gasteiger partial charge is 0.481 e. The molecule has 158 valence electrons. The van der Waals surface area contributed by atoms with Gasteiger partial charge in [0.25, 0.3) is 5.91 Å². The summed E-state index contributed by atoms with van der Waals surface area (Å²) in [7, 11) is 0. The van der Waals surface area contributed by atoms with Gasteiger partial charge in [0.2, 0.25) is 0 Å². The van der Waals surface area contributed by atoms with Gasteiger partial charge >= 0.3 is 0 Å². The highest BCUT2D eigenvalue weighted by Gasteiger charge is 2.16. The number of aromatic amines is 2. The van der Waals surface area contributed by atoms with Crippen LogP contribution in [0.5, 0.6) is 5.75 Å². The minimum atomic E-state index is -0.642. The number of carbonyl (C=O) groups excluding carboxylic acids is 1. The summed E-state index contributed by atoms with van der Waals surface area (Å²) in [6.07, 6.45) is 0.835. The number of fused-ring (bicyclic) bond motifs is 1. The Labute approximate surface area is 183 Å². The monoisotopic (exact) mass is 424 g/mol. The SMILES string of the molecule is CC(Oc1ccccc1)C(=O)Nc1cccc(-c2n[nH]c3ccc(-c4ncn[nH]4)cc23)c1. The summed E-state index contributed by atoms with van der Waals surface area (Å²) >= 11 is 0. The van der Waals surface area contributed by atoms with Gasteiger partial charge < -0.3 is 10.1 Å². The molecule has 32 heavy (non-hydrogen) atoms. The number of hydrogen-bond donors (Lipinski definition) is 3. The molecule has 0 bridgehead atoms. The zero-order valence-electron chi connectivity index (χ0n) is 17.2. The molecule has 0 saturated heterocycles. The molecule has 0 aliphatic heterocycles. The van der Waals surface area contributed by atoms with Crippen LogP contribution in [0.4, 0.5) is 5.69 Å². The van der Waals surface area contributed by atoms with Crippen molar-refractivity contribution in [1.29, 1.82) is 0 Å². The molecule has 3 aromatic carbocycles. The summed E-state index contributed by atoms with van der Waals surface area (Å²) < 4.78 is 5.71. The predicted molar refractivity (Wildman–Crippen MR) is 122 cm³/mol. The number of nitrogens with one attached hydrogen (secondary N) is 3. The third-order valence-corrected chi connectivity index (χ3v) is 5.08. The van der Waals surface area contributed by atoms with Gasteiger partial charge in [-0.1, -0.05) is 30.3 Å². The van der Waals surface area contributed by atoms with E-state index in [4.69, 9.17) is 4.74 Å². The molecule has 0 fully saturated rings. The van der Waals surface area contributed by atoms with Gasteiger partial charge in [-0.3, -0.25) is 15.0 Å². The van der Waals surface area contributed by atoms with E-state index in [0.29, 0.717) is 17.3 Å². The maximum Gasteiger partial charge on any atom is 0.265 e. The molecule has 1 amide bonds. The molecule has 2 aromatic heterocycles. The summed E-state index contributed by atoms with van der Waals surface area (Å²) in [5.74, 6) is 1.10. The van der Waals surface area contributed by atoms with Crippen LogP contribution in [0.15, 0.2) is 79.1 Å². The number of hydrogen-bond acceptors (Lipinski definition) is 5. The van der Waals surface area contributed by atoms with Gasteiger partial charge in [-0.25, -0.2) is 4.98 Å². The molecule has 0 radical (unpaired) electrons. The summed E-state index contributed by atoms with van der Waals surface area (Å²) in [5.41, 5.74) is 4.14. The lowest BCUT2D eigenvalue weighted by molar-refractivity contribution is -0.122. The lowest BCUT2D eigenvalue weighted by Crippen LogP contribution is -2.30. The van der Waals surface area contributed by atoms with E-state index in [0.717, 1.165) is 27.7 Å². The Bertz CT molecular complexity index is 1360. The summed E-state index contributed by atoms with van der Waals surface area (Å²) in [6, 6.07) is 22.8. The number of nitrogens with zero attached hydrogens (tertiary/aromatic N) is 3. The lowest BCUT2D eigenvalue weighted by atomic mass is 10.0. The predicted octanol–water partition coefficient (Wildman–Crippen LogP) is 4.42. The van der Waals surface area contributed by atoms with Crippen molar-refractivity contribution in [3.8, 4) is 28.4 Å². The molecular weight excluding hydrogens is 404 g/mol. The van der Waals surface area contributed by atoms with Crippen molar-refractivity contribution in [3.05, 3.63) is 79.1 Å². The van der Waals surface area contributed by atoms with Gasteiger partial charge in [-0.2, -0.15) is 10.2 Å². The molecule has 5 rings (SSSR count). The van der Waals surface area contributed by atoms with Crippen LogP contribution >= 0.6 is 0 Å². The van der Waals surface area contributed by atoms with E-state index in [9.17, 15) is 4.79 Å². The first-order valence-corrected chi connectivity index (χ1v) is 10.1. The Morgan fingerprint density at radius 1 is 0.969 bits per heavy atom. The van der Waals surface area contributed by atoms with Gasteiger partial charge in [-0.15, -0.1) is 0 Å². The summed E-state index contributed by atoms with van der Waals surface area (Å²) in [5, 5.41) is 18.2. The number of anilines is 1. The molecule has 1 atom stereocenters. The van der Waals surface area contributed by atoms with Crippen LogP contribution in [0.3, 0.4) is 0 Å². The molecule has 0 aliphatic carbocycles. The van der Waals surface area contributed by atoms with Crippen LogP contribution in [0.2, 0.25) is 0 Å². The van der Waals surface area contributed by atoms with E-state index >= 15 is 0 Å². The van der Waals surface area contributed by atoms with Gasteiger partial charge in [-0.05, 0) is 49.4 Å². The number of benzene rings is 3. The quantitative estimate of drug-likeness (QED) is 0.374. The Morgan fingerprint density at radius 3 is 2.66 bits per heavy atom. The van der Waals surface area contributed by atoms with Crippen LogP contribution in [0.1, 0.15) is 6.92 Å². The minimum absolute atomic E-state index is 0.231. The summed E-state index contributed by atoms with van der Waals surface area (Å²) in [6.45, 7) is 1.72. The average molecular weight is 424 g/mol. The van der Waals surface area contributed by atoms with E-state index in [1.165, 1.54) is 6.33 Å². The Balaban J connectivity index is 1.39. The first-order chi connectivity index (χ1) is 15.7. The summed E-state index contributed by atoms with van der Waals surface area (Å²) in [4.78, 5) is 16.8. The van der Waals surface area contributed by atoms with E-state index < -0.39 is 6.10 Å². The smallest absolute Gasteiger partial charge is 0.265 e. The average Bonchev–Trinajstić information content (AvgIpc) is 3.50. The Kier molecular flexibility index (Phi) is 5.09. The van der Waals surface area contributed by atoms with E-state index in [1.54, 1.807) is 6.92 Å². The van der Waals surface area contributed by atoms with Crippen molar-refractivity contribution in [2.45, 2.75) is 13.0 Å². The molecule has 0 saturated carbocycles. The number of rotatable bonds is 6. The van der Waals surface area contributed by atoms with Crippen molar-refractivity contribution < 1.29 is 9.53 Å². The highest BCUT2D eigenvalue weighted by molar-refractivity contribution is 5.97. The van der Waals surface area contributed by atoms with Crippen molar-refractivity contribution >= 4 is 22.5 Å². The Hall–Kier alpha value is -4.46. The molecule has 5 aromatic rings. The molecule has 1 unspecified atom stereocenters. The highest BCUT2D eigenvalue weighted by Crippen LogP contribution is 2.30. The molecule has 8 heteroatoms. The van der Waals surface area contributed by atoms with Crippen LogP contribution in [0.25, 0.3) is 33.5 Å². The number of para-hydroxylation sites is 1. The fraction of sp³-hybridized carbons (Fsp3) is 0.0833. The molecule has 3 N–H and O–H groups in total. The van der Waals surface area contributed by atoms with Crippen molar-refractivity contribution in [2.75, 3.05) is 5.32 Å². The number of carbonyl (C=O) groups is 1. The second kappa shape index (κ2) is 8.35. The highest BCUT2D eigenvalue weighted by atomic mass is 16.5. The van der Waals surface area contributed by atoms with Gasteiger partial charge in [0.15, 0.2) is 11.9 Å². The first kappa shape index (κ1) is 19.5. The van der Waals surface area contributed by atoms with Crippen LogP contribution in [-0.4, -0.2) is 37.4 Å².